The zero-order chi connectivity index (χ0) is 17.1. The summed E-state index contributed by atoms with van der Waals surface area (Å²) >= 11 is 0. The molecule has 1 heterocycles. The highest BCUT2D eigenvalue weighted by molar-refractivity contribution is 5.89. The maximum absolute atomic E-state index is 12.6. The minimum Gasteiger partial charge on any atom is -0.367 e. The van der Waals surface area contributed by atoms with Crippen molar-refractivity contribution in [2.45, 2.75) is 64.1 Å². The summed E-state index contributed by atoms with van der Waals surface area (Å²) in [4.78, 5) is 8.70. The molecular formula is C18H24F2N4. The summed E-state index contributed by atoms with van der Waals surface area (Å²) in [6, 6.07) is 5.90. The van der Waals surface area contributed by atoms with Crippen molar-refractivity contribution in [1.82, 2.24) is 15.3 Å². The lowest BCUT2D eigenvalue weighted by molar-refractivity contribution is 0.0960. The molecule has 6 heteroatoms. The molecule has 1 aromatic heterocycles. The first-order chi connectivity index (χ1) is 11.5. The Morgan fingerprint density at radius 1 is 1.08 bits per heavy atom. The minimum atomic E-state index is -2.31. The molecule has 1 atom stereocenters. The van der Waals surface area contributed by atoms with Crippen LogP contribution in [0.2, 0.25) is 0 Å². The fourth-order valence-corrected chi connectivity index (χ4v) is 3.33. The van der Waals surface area contributed by atoms with E-state index in [1.807, 2.05) is 12.1 Å². The van der Waals surface area contributed by atoms with E-state index in [1.54, 1.807) is 13.3 Å². The number of rotatable bonds is 5. The molecule has 3 rings (SSSR count). The van der Waals surface area contributed by atoms with E-state index < -0.39 is 12.5 Å². The van der Waals surface area contributed by atoms with Gasteiger partial charge in [-0.1, -0.05) is 11.6 Å². The summed E-state index contributed by atoms with van der Waals surface area (Å²) in [5.74, 6) is 0.862. The van der Waals surface area contributed by atoms with Crippen LogP contribution in [0.3, 0.4) is 0 Å². The molecule has 0 saturated heterocycles. The Hall–Kier alpha value is -1.82. The van der Waals surface area contributed by atoms with Gasteiger partial charge in [-0.25, -0.2) is 18.7 Å². The van der Waals surface area contributed by atoms with E-state index in [4.69, 9.17) is 0 Å². The standard InChI is InChI=1S/C18H24F2N4/c1-11-3-8-16-15(9-11)18(22-10-21-16)24-14-6-4-13(5-7-14)23-12(2)17(19)20/h3,8-10,12-14,17,23H,4-7H2,1-2H3,(H,21,22,24)/t12-,13-,14-/m0/s1. The highest BCUT2D eigenvalue weighted by Gasteiger charge is 2.25. The lowest BCUT2D eigenvalue weighted by Crippen LogP contribution is -2.44. The van der Waals surface area contributed by atoms with Crippen LogP contribution in [0.1, 0.15) is 38.2 Å². The normalized spacial score (nSPS) is 22.7. The van der Waals surface area contributed by atoms with Crippen LogP contribution in [0.15, 0.2) is 24.5 Å². The van der Waals surface area contributed by atoms with E-state index in [2.05, 4.69) is 33.6 Å². The van der Waals surface area contributed by atoms with E-state index >= 15 is 0 Å². The minimum absolute atomic E-state index is 0.177. The third kappa shape index (κ3) is 3.98. The number of anilines is 1. The topological polar surface area (TPSA) is 49.8 Å². The molecule has 1 fully saturated rings. The van der Waals surface area contributed by atoms with Crippen molar-refractivity contribution in [3.05, 3.63) is 30.1 Å². The molecule has 0 radical (unpaired) electrons. The van der Waals surface area contributed by atoms with Crippen molar-refractivity contribution in [2.24, 2.45) is 0 Å². The highest BCUT2D eigenvalue weighted by Crippen LogP contribution is 2.26. The number of hydrogen-bond donors (Lipinski definition) is 2. The molecule has 0 amide bonds. The van der Waals surface area contributed by atoms with Crippen molar-refractivity contribution < 1.29 is 8.78 Å². The molecule has 1 aromatic carbocycles. The molecule has 1 aliphatic carbocycles. The van der Waals surface area contributed by atoms with Gasteiger partial charge in [0.05, 0.1) is 11.6 Å². The second-order valence-electron chi connectivity index (χ2n) is 6.73. The Labute approximate surface area is 141 Å². The van der Waals surface area contributed by atoms with Gasteiger partial charge in [0.2, 0.25) is 0 Å². The van der Waals surface area contributed by atoms with Gasteiger partial charge in [-0.05, 0) is 51.7 Å². The number of aryl methyl sites for hydroxylation is 1. The highest BCUT2D eigenvalue weighted by atomic mass is 19.3. The third-order valence-corrected chi connectivity index (χ3v) is 4.74. The molecule has 1 saturated carbocycles. The summed E-state index contributed by atoms with van der Waals surface area (Å²) in [6.45, 7) is 3.60. The average molecular weight is 334 g/mol. The Morgan fingerprint density at radius 3 is 2.50 bits per heavy atom. The zero-order valence-electron chi connectivity index (χ0n) is 14.1. The first kappa shape index (κ1) is 17.0. The van der Waals surface area contributed by atoms with Gasteiger partial charge in [-0.15, -0.1) is 0 Å². The van der Waals surface area contributed by atoms with E-state index in [9.17, 15) is 8.78 Å². The summed E-state index contributed by atoms with van der Waals surface area (Å²) in [5, 5.41) is 7.59. The number of nitrogens with zero attached hydrogens (tertiary/aromatic N) is 2. The van der Waals surface area contributed by atoms with E-state index in [0.717, 1.165) is 42.4 Å². The lowest BCUT2D eigenvalue weighted by atomic mass is 9.90. The van der Waals surface area contributed by atoms with Crippen LogP contribution in [0.4, 0.5) is 14.6 Å². The molecule has 1 aliphatic rings. The number of alkyl halides is 2. The van der Waals surface area contributed by atoms with Crippen molar-refractivity contribution in [3.8, 4) is 0 Å². The quantitative estimate of drug-likeness (QED) is 0.870. The van der Waals surface area contributed by atoms with Crippen molar-refractivity contribution >= 4 is 16.7 Å². The van der Waals surface area contributed by atoms with Gasteiger partial charge in [0, 0.05) is 17.5 Å². The summed E-state index contributed by atoms with van der Waals surface area (Å²) in [7, 11) is 0. The van der Waals surface area contributed by atoms with Crippen LogP contribution < -0.4 is 10.6 Å². The number of aromatic nitrogens is 2. The predicted molar refractivity (Wildman–Crippen MR) is 92.5 cm³/mol. The van der Waals surface area contributed by atoms with E-state index in [-0.39, 0.29) is 6.04 Å². The number of benzene rings is 1. The number of nitrogens with one attached hydrogen (secondary N) is 2. The smallest absolute Gasteiger partial charge is 0.253 e. The maximum atomic E-state index is 12.6. The zero-order valence-corrected chi connectivity index (χ0v) is 14.1. The molecular weight excluding hydrogens is 310 g/mol. The summed E-state index contributed by atoms with van der Waals surface area (Å²) in [5.41, 5.74) is 2.11. The Kier molecular flexibility index (Phi) is 5.23. The second-order valence-corrected chi connectivity index (χ2v) is 6.73. The molecule has 4 nitrogen and oxygen atoms in total. The van der Waals surface area contributed by atoms with Crippen molar-refractivity contribution in [2.75, 3.05) is 5.32 Å². The largest absolute Gasteiger partial charge is 0.367 e. The second kappa shape index (κ2) is 7.38. The molecule has 0 aliphatic heterocycles. The number of halogens is 2. The van der Waals surface area contributed by atoms with Gasteiger partial charge < -0.3 is 10.6 Å². The maximum Gasteiger partial charge on any atom is 0.253 e. The molecule has 0 bridgehead atoms. The average Bonchev–Trinajstić information content (AvgIpc) is 2.57. The van der Waals surface area contributed by atoms with Gasteiger partial charge in [-0.3, -0.25) is 0 Å². The molecule has 0 unspecified atom stereocenters. The monoisotopic (exact) mass is 334 g/mol. The Morgan fingerprint density at radius 2 is 1.79 bits per heavy atom. The summed E-state index contributed by atoms with van der Waals surface area (Å²) < 4.78 is 25.3. The molecule has 2 aromatic rings. The first-order valence-electron chi connectivity index (χ1n) is 8.55. The van der Waals surface area contributed by atoms with Crippen LogP contribution in [-0.2, 0) is 0 Å². The van der Waals surface area contributed by atoms with Gasteiger partial charge in [0.15, 0.2) is 0 Å². The van der Waals surface area contributed by atoms with Crippen LogP contribution in [-0.4, -0.2) is 34.5 Å². The fourth-order valence-electron chi connectivity index (χ4n) is 3.33. The van der Waals surface area contributed by atoms with E-state index in [0.29, 0.717) is 6.04 Å². The number of fused-ring (bicyclic) bond motifs is 1. The molecule has 2 N–H and O–H groups in total. The van der Waals surface area contributed by atoms with E-state index in [1.165, 1.54) is 5.56 Å². The molecule has 0 spiro atoms. The Bertz CT molecular complexity index is 684. The van der Waals surface area contributed by atoms with Crippen LogP contribution in [0.5, 0.6) is 0 Å². The van der Waals surface area contributed by atoms with Crippen molar-refractivity contribution in [1.29, 1.82) is 0 Å². The van der Waals surface area contributed by atoms with Gasteiger partial charge in [0.25, 0.3) is 6.43 Å². The SMILES string of the molecule is Cc1ccc2ncnc(N[C@H]3CC[C@H](N[C@@H](C)C(F)F)CC3)c2c1. The lowest BCUT2D eigenvalue weighted by Gasteiger charge is -2.32. The molecule has 24 heavy (non-hydrogen) atoms. The third-order valence-electron chi connectivity index (χ3n) is 4.74. The van der Waals surface area contributed by atoms with Crippen LogP contribution >= 0.6 is 0 Å². The fraction of sp³-hybridized carbons (Fsp3) is 0.556. The summed E-state index contributed by atoms with van der Waals surface area (Å²) in [6.07, 6.45) is 2.97. The van der Waals surface area contributed by atoms with Crippen LogP contribution in [0, 0.1) is 6.92 Å². The molecule has 130 valence electrons. The van der Waals surface area contributed by atoms with Gasteiger partial charge in [-0.2, -0.15) is 0 Å². The Balaban J connectivity index is 1.61. The predicted octanol–water partition coefficient (Wildman–Crippen LogP) is 3.90. The van der Waals surface area contributed by atoms with Crippen molar-refractivity contribution in [3.63, 3.8) is 0 Å². The first-order valence-corrected chi connectivity index (χ1v) is 8.55. The number of hydrogen-bond acceptors (Lipinski definition) is 4. The van der Waals surface area contributed by atoms with Gasteiger partial charge >= 0.3 is 0 Å². The van der Waals surface area contributed by atoms with Gasteiger partial charge in [0.1, 0.15) is 12.1 Å². The van der Waals surface area contributed by atoms with Crippen LogP contribution in [0.25, 0.3) is 10.9 Å².